The van der Waals surface area contributed by atoms with E-state index in [2.05, 4.69) is 10.6 Å². The average Bonchev–Trinajstić information content (AvgIpc) is 2.41. The van der Waals surface area contributed by atoms with Gasteiger partial charge in [0, 0.05) is 0 Å². The zero-order valence-electron chi connectivity index (χ0n) is 12.8. The van der Waals surface area contributed by atoms with Crippen molar-refractivity contribution in [3.05, 3.63) is 0 Å². The van der Waals surface area contributed by atoms with Gasteiger partial charge in [0.1, 0.15) is 12.1 Å². The first-order chi connectivity index (χ1) is 9.61. The number of aliphatic hydroxyl groups is 1. The molecule has 5 unspecified atom stereocenters. The van der Waals surface area contributed by atoms with Gasteiger partial charge in [0.2, 0.25) is 11.8 Å². The van der Waals surface area contributed by atoms with Crippen LogP contribution in [0, 0.1) is 5.92 Å². The molecule has 0 aromatic heterocycles. The van der Waals surface area contributed by atoms with Crippen LogP contribution >= 0.6 is 0 Å². The van der Waals surface area contributed by atoms with Crippen LogP contribution in [0.2, 0.25) is 0 Å². The van der Waals surface area contributed by atoms with Crippen LogP contribution in [0.25, 0.3) is 0 Å². The maximum Gasteiger partial charge on any atom is 0.325 e. The molecule has 21 heavy (non-hydrogen) atoms. The molecule has 0 radical (unpaired) electrons. The lowest BCUT2D eigenvalue weighted by Crippen LogP contribution is -2.58. The third-order valence-electron chi connectivity index (χ3n) is 3.35. The summed E-state index contributed by atoms with van der Waals surface area (Å²) in [6.45, 7) is 6.29. The van der Waals surface area contributed by atoms with Crippen molar-refractivity contribution in [2.75, 3.05) is 0 Å². The van der Waals surface area contributed by atoms with Gasteiger partial charge in [0.25, 0.3) is 0 Å². The lowest BCUT2D eigenvalue weighted by molar-refractivity contribution is -0.142. The Balaban J connectivity index is 4.81. The molecule has 5 atom stereocenters. The van der Waals surface area contributed by atoms with Crippen LogP contribution in [0.1, 0.15) is 34.1 Å². The van der Waals surface area contributed by atoms with Gasteiger partial charge < -0.3 is 26.6 Å². The molecule has 0 spiro atoms. The molecule has 0 fully saturated rings. The highest BCUT2D eigenvalue weighted by Crippen LogP contribution is 2.06. The molecule has 0 rings (SSSR count). The molecule has 0 aliphatic carbocycles. The Morgan fingerprint density at radius 2 is 1.62 bits per heavy atom. The average molecular weight is 303 g/mol. The largest absolute Gasteiger partial charge is 0.480 e. The van der Waals surface area contributed by atoms with E-state index in [1.807, 2.05) is 6.92 Å². The van der Waals surface area contributed by atoms with Gasteiger partial charge in [-0.1, -0.05) is 20.3 Å². The molecular weight excluding hydrogens is 278 g/mol. The van der Waals surface area contributed by atoms with Gasteiger partial charge in [-0.15, -0.1) is 0 Å². The van der Waals surface area contributed by atoms with E-state index in [0.29, 0.717) is 6.42 Å². The smallest absolute Gasteiger partial charge is 0.325 e. The molecule has 0 aliphatic heterocycles. The van der Waals surface area contributed by atoms with E-state index < -0.39 is 42.0 Å². The number of carboxylic acids is 1. The van der Waals surface area contributed by atoms with Crippen LogP contribution in [0.4, 0.5) is 0 Å². The fourth-order valence-electron chi connectivity index (χ4n) is 1.53. The number of carbonyl (C=O) groups excluding carboxylic acids is 2. The summed E-state index contributed by atoms with van der Waals surface area (Å²) >= 11 is 0. The minimum Gasteiger partial charge on any atom is -0.480 e. The summed E-state index contributed by atoms with van der Waals surface area (Å²) in [5.41, 5.74) is 5.75. The van der Waals surface area contributed by atoms with Gasteiger partial charge in [0.05, 0.1) is 12.1 Å². The Morgan fingerprint density at radius 1 is 1.10 bits per heavy atom. The Hall–Kier alpha value is -1.67. The van der Waals surface area contributed by atoms with Gasteiger partial charge in [-0.3, -0.25) is 14.4 Å². The van der Waals surface area contributed by atoms with Crippen molar-refractivity contribution >= 4 is 17.8 Å². The van der Waals surface area contributed by atoms with E-state index in [-0.39, 0.29) is 5.92 Å². The highest BCUT2D eigenvalue weighted by atomic mass is 16.4. The second kappa shape index (κ2) is 8.58. The van der Waals surface area contributed by atoms with E-state index in [9.17, 15) is 19.5 Å². The Morgan fingerprint density at radius 3 is 2.00 bits per heavy atom. The second-order valence-corrected chi connectivity index (χ2v) is 5.21. The first-order valence-electron chi connectivity index (χ1n) is 6.88. The topological polar surface area (TPSA) is 142 Å². The molecule has 0 aromatic carbocycles. The first kappa shape index (κ1) is 19.3. The minimum atomic E-state index is -1.26. The summed E-state index contributed by atoms with van der Waals surface area (Å²) in [5, 5.41) is 22.9. The van der Waals surface area contributed by atoms with Crippen LogP contribution < -0.4 is 16.4 Å². The minimum absolute atomic E-state index is 0.0827. The zero-order valence-corrected chi connectivity index (χ0v) is 12.8. The van der Waals surface area contributed by atoms with Gasteiger partial charge >= 0.3 is 5.97 Å². The van der Waals surface area contributed by atoms with Crippen LogP contribution in [0.5, 0.6) is 0 Å². The highest BCUT2D eigenvalue weighted by Gasteiger charge is 2.30. The van der Waals surface area contributed by atoms with Gasteiger partial charge in [-0.25, -0.2) is 0 Å². The van der Waals surface area contributed by atoms with Crippen molar-refractivity contribution < 1.29 is 24.6 Å². The van der Waals surface area contributed by atoms with E-state index in [4.69, 9.17) is 10.8 Å². The van der Waals surface area contributed by atoms with E-state index in [1.165, 1.54) is 13.8 Å². The Bertz CT molecular complexity index is 386. The van der Waals surface area contributed by atoms with Crippen molar-refractivity contribution in [1.82, 2.24) is 10.6 Å². The fraction of sp³-hybridized carbons (Fsp3) is 0.769. The van der Waals surface area contributed by atoms with Gasteiger partial charge in [-0.05, 0) is 19.8 Å². The molecule has 122 valence electrons. The van der Waals surface area contributed by atoms with Crippen molar-refractivity contribution in [1.29, 1.82) is 0 Å². The number of carboxylic acid groups (broad SMARTS) is 1. The van der Waals surface area contributed by atoms with Crippen LogP contribution in [-0.2, 0) is 14.4 Å². The number of nitrogens with two attached hydrogens (primary N) is 1. The summed E-state index contributed by atoms with van der Waals surface area (Å²) in [6.07, 6.45) is -0.491. The Kier molecular flexibility index (Phi) is 7.90. The highest BCUT2D eigenvalue weighted by molar-refractivity contribution is 5.92. The fourth-order valence-corrected chi connectivity index (χ4v) is 1.53. The third-order valence-corrected chi connectivity index (χ3v) is 3.35. The third kappa shape index (κ3) is 6.09. The summed E-state index contributed by atoms with van der Waals surface area (Å²) in [6, 6.07) is -3.19. The van der Waals surface area contributed by atoms with Gasteiger partial charge in [-0.2, -0.15) is 0 Å². The normalized spacial score (nSPS) is 18.0. The number of carbonyl (C=O) groups is 3. The summed E-state index contributed by atoms with van der Waals surface area (Å²) in [4.78, 5) is 34.5. The SMILES string of the molecule is CCC(C)C(N)C(=O)NC(C(=O)NC(C)C(=O)O)C(C)O. The van der Waals surface area contributed by atoms with Gasteiger partial charge in [0.15, 0.2) is 0 Å². The predicted molar refractivity (Wildman–Crippen MR) is 76.3 cm³/mol. The predicted octanol–water partition coefficient (Wildman–Crippen LogP) is -1.19. The molecule has 6 N–H and O–H groups in total. The molecule has 0 saturated heterocycles. The first-order valence-corrected chi connectivity index (χ1v) is 6.88. The monoisotopic (exact) mass is 303 g/mol. The number of amides is 2. The lowest BCUT2D eigenvalue weighted by Gasteiger charge is -2.25. The van der Waals surface area contributed by atoms with Crippen molar-refractivity contribution in [3.8, 4) is 0 Å². The van der Waals surface area contributed by atoms with Crippen LogP contribution in [-0.4, -0.2) is 52.2 Å². The van der Waals surface area contributed by atoms with Crippen LogP contribution in [0.15, 0.2) is 0 Å². The number of aliphatic hydroxyl groups excluding tert-OH is 1. The summed E-state index contributed by atoms with van der Waals surface area (Å²) in [7, 11) is 0. The number of rotatable bonds is 8. The molecule has 0 saturated carbocycles. The van der Waals surface area contributed by atoms with Crippen LogP contribution in [0.3, 0.4) is 0 Å². The maximum atomic E-state index is 11.9. The summed E-state index contributed by atoms with van der Waals surface area (Å²) in [5.74, 6) is -2.63. The number of aliphatic carboxylic acids is 1. The molecule has 8 nitrogen and oxygen atoms in total. The zero-order chi connectivity index (χ0) is 16.7. The quantitative estimate of drug-likeness (QED) is 0.382. The van der Waals surface area contributed by atoms with E-state index in [1.54, 1.807) is 6.92 Å². The second-order valence-electron chi connectivity index (χ2n) is 5.21. The lowest BCUT2D eigenvalue weighted by atomic mass is 9.98. The van der Waals surface area contributed by atoms with Crippen molar-refractivity contribution in [3.63, 3.8) is 0 Å². The number of hydrogen-bond acceptors (Lipinski definition) is 5. The molecule has 0 aliphatic rings. The number of hydrogen-bond donors (Lipinski definition) is 5. The molecular formula is C13H25N3O5. The van der Waals surface area contributed by atoms with E-state index in [0.717, 1.165) is 0 Å². The maximum absolute atomic E-state index is 11.9. The van der Waals surface area contributed by atoms with E-state index >= 15 is 0 Å². The van der Waals surface area contributed by atoms with Crippen molar-refractivity contribution in [2.24, 2.45) is 11.7 Å². The summed E-state index contributed by atoms with van der Waals surface area (Å²) < 4.78 is 0. The molecule has 0 heterocycles. The number of nitrogens with one attached hydrogen (secondary N) is 2. The van der Waals surface area contributed by atoms with Crippen molar-refractivity contribution in [2.45, 2.75) is 58.3 Å². The Labute approximate surface area is 124 Å². The standard InChI is InChI=1S/C13H25N3O5/c1-5-6(2)9(14)11(18)16-10(8(4)17)12(19)15-7(3)13(20)21/h6-10,17H,5,14H2,1-4H3,(H,15,19)(H,16,18)(H,20,21). The molecule has 2 amide bonds. The molecule has 8 heteroatoms. The molecule has 0 bridgehead atoms. The molecule has 0 aromatic rings.